The van der Waals surface area contributed by atoms with Crippen LogP contribution in [0.4, 0.5) is 5.82 Å². The number of carbonyl (C=O) groups is 1. The van der Waals surface area contributed by atoms with E-state index in [2.05, 4.69) is 32.4 Å². The molecular formula is C20H33N5O2. The van der Waals surface area contributed by atoms with Crippen LogP contribution in [-0.2, 0) is 0 Å². The molecule has 2 fully saturated rings. The van der Waals surface area contributed by atoms with Crippen LogP contribution in [0.1, 0.15) is 67.3 Å². The number of carbonyl (C=O) groups excluding carboxylic acids is 1. The summed E-state index contributed by atoms with van der Waals surface area (Å²) < 4.78 is 0. The van der Waals surface area contributed by atoms with Gasteiger partial charge in [0.25, 0.3) is 5.91 Å². The van der Waals surface area contributed by atoms with E-state index in [1.165, 1.54) is 6.42 Å². The molecule has 150 valence electrons. The maximum Gasteiger partial charge on any atom is 0.288 e. The van der Waals surface area contributed by atoms with Crippen molar-refractivity contribution in [2.45, 2.75) is 77.0 Å². The summed E-state index contributed by atoms with van der Waals surface area (Å²) in [6.07, 6.45) is 6.22. The molecule has 2 atom stereocenters. The normalized spacial score (nSPS) is 23.3. The van der Waals surface area contributed by atoms with Crippen molar-refractivity contribution < 1.29 is 9.90 Å². The van der Waals surface area contributed by atoms with Crippen molar-refractivity contribution in [1.82, 2.24) is 20.6 Å². The number of amides is 1. The lowest BCUT2D eigenvalue weighted by Gasteiger charge is -2.39. The minimum atomic E-state index is -0.584. The van der Waals surface area contributed by atoms with Crippen molar-refractivity contribution in [3.05, 3.63) is 17.1 Å². The Morgan fingerprint density at radius 3 is 2.63 bits per heavy atom. The molecule has 27 heavy (non-hydrogen) atoms. The van der Waals surface area contributed by atoms with Gasteiger partial charge in [0.2, 0.25) is 5.82 Å². The molecule has 7 heteroatoms. The fraction of sp³-hybridized carbons (Fsp3) is 0.750. The zero-order valence-corrected chi connectivity index (χ0v) is 17.0. The summed E-state index contributed by atoms with van der Waals surface area (Å²) in [6.45, 7) is 7.74. The molecular weight excluding hydrogens is 342 g/mol. The SMILES string of the molecule is CNC(=O)c1nc(C)c(C)c(N2CC[C@@H](NC(C)C3(O)CCCCC3)C2)n1. The summed E-state index contributed by atoms with van der Waals surface area (Å²) >= 11 is 0. The predicted molar refractivity (Wildman–Crippen MR) is 106 cm³/mol. The van der Waals surface area contributed by atoms with Gasteiger partial charge in [-0.2, -0.15) is 0 Å². The van der Waals surface area contributed by atoms with Crippen LogP contribution in [0.25, 0.3) is 0 Å². The van der Waals surface area contributed by atoms with Crippen molar-refractivity contribution in [2.75, 3.05) is 25.0 Å². The van der Waals surface area contributed by atoms with Gasteiger partial charge < -0.3 is 20.6 Å². The van der Waals surface area contributed by atoms with Gasteiger partial charge in [-0.15, -0.1) is 0 Å². The van der Waals surface area contributed by atoms with E-state index in [-0.39, 0.29) is 17.8 Å². The van der Waals surface area contributed by atoms with Gasteiger partial charge in [-0.25, -0.2) is 9.97 Å². The molecule has 2 heterocycles. The molecule has 2 aliphatic rings. The van der Waals surface area contributed by atoms with Gasteiger partial charge in [-0.1, -0.05) is 19.3 Å². The molecule has 0 bridgehead atoms. The highest BCUT2D eigenvalue weighted by atomic mass is 16.3. The summed E-state index contributed by atoms with van der Waals surface area (Å²) in [5.41, 5.74) is 1.27. The molecule has 3 rings (SSSR count). The molecule has 1 aliphatic carbocycles. The first kappa shape index (κ1) is 20.0. The predicted octanol–water partition coefficient (Wildman–Crippen LogP) is 1.71. The van der Waals surface area contributed by atoms with E-state index in [9.17, 15) is 9.90 Å². The third-order valence-corrected chi connectivity index (χ3v) is 6.29. The quantitative estimate of drug-likeness (QED) is 0.726. The van der Waals surface area contributed by atoms with E-state index in [0.717, 1.165) is 62.3 Å². The van der Waals surface area contributed by atoms with Gasteiger partial charge in [-0.05, 0) is 40.0 Å². The number of aryl methyl sites for hydroxylation is 1. The average Bonchev–Trinajstić information content (AvgIpc) is 3.12. The highest BCUT2D eigenvalue weighted by Gasteiger charge is 2.37. The Balaban J connectivity index is 1.69. The third kappa shape index (κ3) is 4.24. The number of hydrogen-bond acceptors (Lipinski definition) is 6. The summed E-state index contributed by atoms with van der Waals surface area (Å²) in [7, 11) is 1.59. The van der Waals surface area contributed by atoms with Gasteiger partial charge in [0.1, 0.15) is 5.82 Å². The molecule has 0 spiro atoms. The van der Waals surface area contributed by atoms with Crippen LogP contribution < -0.4 is 15.5 Å². The first-order valence-corrected chi connectivity index (χ1v) is 10.1. The molecule has 1 saturated heterocycles. The largest absolute Gasteiger partial charge is 0.388 e. The number of aromatic nitrogens is 2. The van der Waals surface area contributed by atoms with Gasteiger partial charge in [0.05, 0.1) is 5.60 Å². The van der Waals surface area contributed by atoms with E-state index >= 15 is 0 Å². The molecule has 1 amide bonds. The van der Waals surface area contributed by atoms with Crippen molar-refractivity contribution in [3.8, 4) is 0 Å². The van der Waals surface area contributed by atoms with E-state index in [0.29, 0.717) is 6.04 Å². The number of rotatable bonds is 5. The van der Waals surface area contributed by atoms with Crippen molar-refractivity contribution >= 4 is 11.7 Å². The second-order valence-electron chi connectivity index (χ2n) is 8.14. The lowest BCUT2D eigenvalue weighted by molar-refractivity contribution is -0.0275. The third-order valence-electron chi connectivity index (χ3n) is 6.29. The van der Waals surface area contributed by atoms with Crippen LogP contribution in [0, 0.1) is 13.8 Å². The Kier molecular flexibility index (Phi) is 6.01. The lowest BCUT2D eigenvalue weighted by atomic mass is 9.80. The smallest absolute Gasteiger partial charge is 0.288 e. The molecule has 0 radical (unpaired) electrons. The highest BCUT2D eigenvalue weighted by Crippen LogP contribution is 2.32. The number of hydrogen-bond donors (Lipinski definition) is 3. The van der Waals surface area contributed by atoms with Crippen LogP contribution in [0.2, 0.25) is 0 Å². The summed E-state index contributed by atoms with van der Waals surface area (Å²) in [5.74, 6) is 0.799. The minimum Gasteiger partial charge on any atom is -0.388 e. The minimum absolute atomic E-state index is 0.0809. The fourth-order valence-corrected chi connectivity index (χ4v) is 4.33. The van der Waals surface area contributed by atoms with Gasteiger partial charge in [0, 0.05) is 43.5 Å². The molecule has 3 N–H and O–H groups in total. The maximum atomic E-state index is 12.0. The van der Waals surface area contributed by atoms with Crippen molar-refractivity contribution in [1.29, 1.82) is 0 Å². The summed E-state index contributed by atoms with van der Waals surface area (Å²) in [6, 6.07) is 0.390. The van der Waals surface area contributed by atoms with Crippen LogP contribution in [0.3, 0.4) is 0 Å². The first-order valence-electron chi connectivity index (χ1n) is 10.1. The van der Waals surface area contributed by atoms with Crippen LogP contribution in [0.5, 0.6) is 0 Å². The highest BCUT2D eigenvalue weighted by molar-refractivity contribution is 5.90. The van der Waals surface area contributed by atoms with E-state index in [4.69, 9.17) is 0 Å². The fourth-order valence-electron chi connectivity index (χ4n) is 4.33. The molecule has 1 aromatic rings. The standard InChI is InChI=1S/C20H33N5O2/c1-13-14(2)22-17(19(26)21-4)24-18(13)25-11-8-16(12-25)23-15(3)20(27)9-6-5-7-10-20/h15-16,23,27H,5-12H2,1-4H3,(H,21,26)/t15?,16-/m1/s1. The van der Waals surface area contributed by atoms with Crippen molar-refractivity contribution in [2.24, 2.45) is 0 Å². The van der Waals surface area contributed by atoms with Gasteiger partial charge in [0.15, 0.2) is 0 Å². The Morgan fingerprint density at radius 2 is 1.96 bits per heavy atom. The van der Waals surface area contributed by atoms with Gasteiger partial charge >= 0.3 is 0 Å². The van der Waals surface area contributed by atoms with Crippen molar-refractivity contribution in [3.63, 3.8) is 0 Å². The maximum absolute atomic E-state index is 12.0. The number of anilines is 1. The first-order chi connectivity index (χ1) is 12.8. The molecule has 0 aromatic carbocycles. The Labute approximate surface area is 162 Å². The topological polar surface area (TPSA) is 90.4 Å². The summed E-state index contributed by atoms with van der Waals surface area (Å²) in [4.78, 5) is 23.0. The Bertz CT molecular complexity index is 687. The van der Waals surface area contributed by atoms with E-state index < -0.39 is 5.60 Å². The molecule has 7 nitrogen and oxygen atoms in total. The monoisotopic (exact) mass is 375 g/mol. The second-order valence-corrected chi connectivity index (χ2v) is 8.14. The van der Waals surface area contributed by atoms with Gasteiger partial charge in [-0.3, -0.25) is 4.79 Å². The van der Waals surface area contributed by atoms with Crippen LogP contribution in [0.15, 0.2) is 0 Å². The molecule has 1 aromatic heterocycles. The van der Waals surface area contributed by atoms with E-state index in [1.54, 1.807) is 7.05 Å². The number of aliphatic hydroxyl groups is 1. The number of nitrogens with zero attached hydrogens (tertiary/aromatic N) is 3. The molecule has 1 saturated carbocycles. The summed E-state index contributed by atoms with van der Waals surface area (Å²) in [5, 5.41) is 17.2. The molecule has 1 aliphatic heterocycles. The lowest BCUT2D eigenvalue weighted by Crippen LogP contribution is -2.53. The zero-order chi connectivity index (χ0) is 19.6. The average molecular weight is 376 g/mol. The van der Waals surface area contributed by atoms with Crippen LogP contribution in [-0.4, -0.2) is 58.8 Å². The number of nitrogens with one attached hydrogen (secondary N) is 2. The van der Waals surface area contributed by atoms with E-state index in [1.807, 2.05) is 13.8 Å². The zero-order valence-electron chi connectivity index (χ0n) is 17.0. The van der Waals surface area contributed by atoms with Crippen LogP contribution >= 0.6 is 0 Å². The molecule has 1 unspecified atom stereocenters. The Morgan fingerprint density at radius 1 is 1.26 bits per heavy atom. The second kappa shape index (κ2) is 8.10. The Hall–Kier alpha value is -1.73.